The van der Waals surface area contributed by atoms with Crippen molar-refractivity contribution < 1.29 is 9.18 Å². The minimum absolute atomic E-state index is 0.196. The number of benzene rings is 2. The van der Waals surface area contributed by atoms with Crippen molar-refractivity contribution in [1.82, 2.24) is 19.6 Å². The number of nitrogens with zero attached hydrogens (tertiary/aromatic N) is 4. The van der Waals surface area contributed by atoms with Gasteiger partial charge < -0.3 is 0 Å². The fourth-order valence-corrected chi connectivity index (χ4v) is 4.53. The third-order valence-corrected chi connectivity index (χ3v) is 5.92. The Bertz CT molecular complexity index is 1490. The number of carbonyl (C=O) groups is 1. The molecule has 0 unspecified atom stereocenters. The molecule has 0 aliphatic heterocycles. The van der Waals surface area contributed by atoms with Gasteiger partial charge in [-0.2, -0.15) is 4.98 Å². The Balaban J connectivity index is 1.52. The third kappa shape index (κ3) is 3.44. The normalized spacial score (nSPS) is 11.4. The van der Waals surface area contributed by atoms with Gasteiger partial charge >= 0.3 is 0 Å². The van der Waals surface area contributed by atoms with Gasteiger partial charge in [0.15, 0.2) is 0 Å². The Morgan fingerprint density at radius 1 is 1.06 bits per heavy atom. The first kappa shape index (κ1) is 19.3. The summed E-state index contributed by atoms with van der Waals surface area (Å²) in [5, 5.41) is 9.69. The number of aryl methyl sites for hydroxylation is 3. The fourth-order valence-electron chi connectivity index (χ4n) is 3.71. The Labute approximate surface area is 181 Å². The van der Waals surface area contributed by atoms with Crippen molar-refractivity contribution >= 4 is 39.1 Å². The molecule has 0 bridgehead atoms. The Kier molecular flexibility index (Phi) is 4.51. The summed E-state index contributed by atoms with van der Waals surface area (Å²) in [5.41, 5.74) is 5.86. The van der Waals surface area contributed by atoms with E-state index >= 15 is 0 Å². The van der Waals surface area contributed by atoms with Crippen LogP contribution in [0.4, 0.5) is 10.3 Å². The van der Waals surface area contributed by atoms with Crippen LogP contribution in [0.3, 0.4) is 0 Å². The molecule has 0 radical (unpaired) electrons. The quantitative estimate of drug-likeness (QED) is 0.419. The van der Waals surface area contributed by atoms with Crippen LogP contribution in [-0.4, -0.2) is 25.5 Å². The lowest BCUT2D eigenvalue weighted by molar-refractivity contribution is 0.102. The third-order valence-electron chi connectivity index (χ3n) is 5.11. The van der Waals surface area contributed by atoms with Crippen molar-refractivity contribution in [1.29, 1.82) is 0 Å². The lowest BCUT2D eigenvalue weighted by atomic mass is 10.0. The first-order valence-electron chi connectivity index (χ1n) is 9.69. The van der Waals surface area contributed by atoms with Crippen molar-refractivity contribution in [3.63, 3.8) is 0 Å². The van der Waals surface area contributed by atoms with Gasteiger partial charge in [-0.1, -0.05) is 23.8 Å². The average Bonchev–Trinajstić information content (AvgIpc) is 3.28. The molecule has 31 heavy (non-hydrogen) atoms. The number of amides is 1. The summed E-state index contributed by atoms with van der Waals surface area (Å²) in [5.74, 6) is -0.639. The average molecular weight is 431 g/mol. The second-order valence-electron chi connectivity index (χ2n) is 7.50. The van der Waals surface area contributed by atoms with Crippen LogP contribution in [0, 0.1) is 26.6 Å². The Hall–Kier alpha value is -3.65. The highest BCUT2D eigenvalue weighted by molar-refractivity contribution is 7.15. The van der Waals surface area contributed by atoms with E-state index < -0.39 is 11.7 Å². The second-order valence-corrected chi connectivity index (χ2v) is 8.33. The molecule has 3 aromatic heterocycles. The number of pyridine rings is 1. The minimum Gasteiger partial charge on any atom is -0.289 e. The number of anilines is 1. The van der Waals surface area contributed by atoms with E-state index in [1.54, 1.807) is 23.6 Å². The molecule has 8 heteroatoms. The number of rotatable bonds is 3. The standard InChI is InChI=1S/C23H18FN5OS/c1-12-4-6-16(13(2)8-12)20-11-31-23-27-22(28-29(20)23)26-21(30)18-9-14(3)25-19-7-5-15(24)10-17(18)19/h4-11H,1-3H3,(H,26,28,30). The zero-order valence-electron chi connectivity index (χ0n) is 17.1. The summed E-state index contributed by atoms with van der Waals surface area (Å²) in [7, 11) is 0. The maximum absolute atomic E-state index is 13.8. The summed E-state index contributed by atoms with van der Waals surface area (Å²) >= 11 is 1.45. The van der Waals surface area contributed by atoms with Crippen LogP contribution in [0.2, 0.25) is 0 Å². The van der Waals surface area contributed by atoms with E-state index in [9.17, 15) is 9.18 Å². The molecule has 0 aliphatic rings. The zero-order chi connectivity index (χ0) is 21.7. The van der Waals surface area contributed by atoms with Crippen molar-refractivity contribution in [2.45, 2.75) is 20.8 Å². The lowest BCUT2D eigenvalue weighted by Gasteiger charge is -2.07. The number of carbonyl (C=O) groups excluding carboxylic acids is 1. The largest absolute Gasteiger partial charge is 0.289 e. The summed E-state index contributed by atoms with van der Waals surface area (Å²) in [6.45, 7) is 5.90. The molecular weight excluding hydrogens is 413 g/mol. The molecule has 6 nitrogen and oxygen atoms in total. The SMILES string of the molecule is Cc1ccc(-c2csc3nc(NC(=O)c4cc(C)nc5ccc(F)cc45)nn23)c(C)c1. The first-order valence-corrected chi connectivity index (χ1v) is 10.6. The molecule has 0 spiro atoms. The van der Waals surface area contributed by atoms with Gasteiger partial charge in [0.2, 0.25) is 4.96 Å². The van der Waals surface area contributed by atoms with Crippen molar-refractivity contribution in [2.24, 2.45) is 0 Å². The number of hydrogen-bond donors (Lipinski definition) is 1. The van der Waals surface area contributed by atoms with Gasteiger partial charge in [0, 0.05) is 22.0 Å². The van der Waals surface area contributed by atoms with Gasteiger partial charge in [-0.15, -0.1) is 16.4 Å². The summed E-state index contributed by atoms with van der Waals surface area (Å²) in [6.07, 6.45) is 0. The van der Waals surface area contributed by atoms with E-state index in [1.807, 2.05) is 5.38 Å². The molecular formula is C23H18FN5OS. The van der Waals surface area contributed by atoms with Crippen LogP contribution in [0.15, 0.2) is 47.8 Å². The smallest absolute Gasteiger partial charge is 0.258 e. The van der Waals surface area contributed by atoms with E-state index in [0.717, 1.165) is 16.8 Å². The lowest BCUT2D eigenvalue weighted by Crippen LogP contribution is -2.14. The summed E-state index contributed by atoms with van der Waals surface area (Å²) in [4.78, 5) is 22.5. The molecule has 154 valence electrons. The topological polar surface area (TPSA) is 72.2 Å². The minimum atomic E-state index is -0.425. The van der Waals surface area contributed by atoms with Crippen molar-refractivity contribution in [3.8, 4) is 11.3 Å². The van der Waals surface area contributed by atoms with Gasteiger partial charge in [0.05, 0.1) is 16.8 Å². The second kappa shape index (κ2) is 7.24. The van der Waals surface area contributed by atoms with Crippen LogP contribution >= 0.6 is 11.3 Å². The predicted molar refractivity (Wildman–Crippen MR) is 120 cm³/mol. The van der Waals surface area contributed by atoms with Gasteiger partial charge in [0.1, 0.15) is 5.82 Å². The van der Waals surface area contributed by atoms with Gasteiger partial charge in [-0.25, -0.2) is 8.91 Å². The molecule has 5 aromatic rings. The monoisotopic (exact) mass is 431 g/mol. The molecule has 3 heterocycles. The summed E-state index contributed by atoms with van der Waals surface area (Å²) < 4.78 is 15.5. The van der Waals surface area contributed by atoms with Crippen LogP contribution in [0.25, 0.3) is 27.1 Å². The highest BCUT2D eigenvalue weighted by atomic mass is 32.1. The molecule has 0 fully saturated rings. The number of thiazole rings is 1. The van der Waals surface area contributed by atoms with E-state index in [2.05, 4.69) is 52.4 Å². The number of aromatic nitrogens is 4. The fraction of sp³-hybridized carbons (Fsp3) is 0.130. The maximum Gasteiger partial charge on any atom is 0.258 e. The van der Waals surface area contributed by atoms with Crippen LogP contribution in [0.5, 0.6) is 0 Å². The van der Waals surface area contributed by atoms with Crippen molar-refractivity contribution in [2.75, 3.05) is 5.32 Å². The van der Waals surface area contributed by atoms with Crippen LogP contribution < -0.4 is 5.32 Å². The van der Waals surface area contributed by atoms with E-state index in [-0.39, 0.29) is 5.95 Å². The highest BCUT2D eigenvalue weighted by Crippen LogP contribution is 2.29. The Morgan fingerprint density at radius 2 is 1.90 bits per heavy atom. The number of hydrogen-bond acceptors (Lipinski definition) is 5. The molecule has 0 aliphatic carbocycles. The molecule has 1 N–H and O–H groups in total. The van der Waals surface area contributed by atoms with Gasteiger partial charge in [0.25, 0.3) is 11.9 Å². The predicted octanol–water partition coefficient (Wildman–Crippen LogP) is 5.32. The molecule has 5 rings (SSSR count). The molecule has 1 amide bonds. The van der Waals surface area contributed by atoms with Gasteiger partial charge in [-0.05, 0) is 50.6 Å². The number of nitrogens with one attached hydrogen (secondary N) is 1. The summed E-state index contributed by atoms with van der Waals surface area (Å²) in [6, 6.07) is 12.1. The van der Waals surface area contributed by atoms with E-state index in [0.29, 0.717) is 27.1 Å². The van der Waals surface area contributed by atoms with Crippen LogP contribution in [0.1, 0.15) is 27.2 Å². The van der Waals surface area contributed by atoms with E-state index in [4.69, 9.17) is 0 Å². The molecule has 0 saturated carbocycles. The van der Waals surface area contributed by atoms with Crippen LogP contribution in [-0.2, 0) is 0 Å². The Morgan fingerprint density at radius 3 is 2.71 bits per heavy atom. The zero-order valence-corrected chi connectivity index (χ0v) is 17.9. The molecule has 2 aromatic carbocycles. The highest BCUT2D eigenvalue weighted by Gasteiger charge is 2.18. The number of halogens is 1. The van der Waals surface area contributed by atoms with Gasteiger partial charge in [-0.3, -0.25) is 15.1 Å². The number of fused-ring (bicyclic) bond motifs is 2. The van der Waals surface area contributed by atoms with E-state index in [1.165, 1.54) is 29.0 Å². The molecule has 0 saturated heterocycles. The first-order chi connectivity index (χ1) is 14.9. The maximum atomic E-state index is 13.8. The van der Waals surface area contributed by atoms with Crippen molar-refractivity contribution in [3.05, 3.63) is 76.0 Å². The molecule has 0 atom stereocenters.